The van der Waals surface area contributed by atoms with Crippen LogP contribution in [0.4, 0.5) is 0 Å². The number of benzene rings is 1. The molecule has 1 aromatic carbocycles. The Labute approximate surface area is 126 Å². The highest BCUT2D eigenvalue weighted by Crippen LogP contribution is 2.27. The number of nitrogens with zero attached hydrogens (tertiary/aromatic N) is 3. The normalized spacial score (nSPS) is 19.5. The fourth-order valence-electron chi connectivity index (χ4n) is 2.99. The van der Waals surface area contributed by atoms with Gasteiger partial charge >= 0.3 is 0 Å². The van der Waals surface area contributed by atoms with Crippen molar-refractivity contribution >= 4 is 0 Å². The molecule has 21 heavy (non-hydrogen) atoms. The van der Waals surface area contributed by atoms with Gasteiger partial charge in [-0.2, -0.15) is 0 Å². The number of hydrogen-bond donors (Lipinski definition) is 0. The van der Waals surface area contributed by atoms with Gasteiger partial charge in [-0.1, -0.05) is 44.2 Å². The molecule has 1 aliphatic heterocycles. The fourth-order valence-corrected chi connectivity index (χ4v) is 2.99. The minimum atomic E-state index is 0.403. The number of rotatable bonds is 5. The van der Waals surface area contributed by atoms with E-state index in [2.05, 4.69) is 41.1 Å². The Morgan fingerprint density at radius 3 is 2.81 bits per heavy atom. The first-order valence-corrected chi connectivity index (χ1v) is 7.79. The fraction of sp³-hybridized carbons (Fsp3) is 0.529. The summed E-state index contributed by atoms with van der Waals surface area (Å²) in [6.45, 7) is 7.86. The molecule has 0 spiro atoms. The summed E-state index contributed by atoms with van der Waals surface area (Å²) in [6.07, 6.45) is 1.84. The molecule has 1 aromatic heterocycles. The summed E-state index contributed by atoms with van der Waals surface area (Å²) in [5.74, 6) is 2.64. The Morgan fingerprint density at radius 1 is 1.24 bits per heavy atom. The van der Waals surface area contributed by atoms with Crippen LogP contribution >= 0.6 is 0 Å². The van der Waals surface area contributed by atoms with Crippen LogP contribution in [-0.2, 0) is 6.42 Å². The van der Waals surface area contributed by atoms with E-state index in [0.29, 0.717) is 11.8 Å². The SMILES string of the molecule is CC(C)CN1CC[C@H](c2nnc(Cc3ccccc3)o2)C1. The van der Waals surface area contributed by atoms with Crippen LogP contribution in [0.3, 0.4) is 0 Å². The molecule has 3 rings (SSSR count). The zero-order chi connectivity index (χ0) is 14.7. The molecule has 2 aromatic rings. The average Bonchev–Trinajstić information content (AvgIpc) is 3.08. The Morgan fingerprint density at radius 2 is 2.05 bits per heavy atom. The molecule has 112 valence electrons. The van der Waals surface area contributed by atoms with E-state index in [1.54, 1.807) is 0 Å². The third-order valence-corrected chi connectivity index (χ3v) is 3.93. The Hall–Kier alpha value is -1.68. The van der Waals surface area contributed by atoms with Gasteiger partial charge < -0.3 is 9.32 Å². The molecule has 1 aliphatic rings. The molecule has 2 heterocycles. The summed E-state index contributed by atoms with van der Waals surface area (Å²) in [5.41, 5.74) is 1.21. The molecule has 0 amide bonds. The van der Waals surface area contributed by atoms with Crippen molar-refractivity contribution in [2.24, 2.45) is 5.92 Å². The van der Waals surface area contributed by atoms with Gasteiger partial charge in [0, 0.05) is 13.1 Å². The molecule has 0 unspecified atom stereocenters. The summed E-state index contributed by atoms with van der Waals surface area (Å²) in [6, 6.07) is 10.3. The quantitative estimate of drug-likeness (QED) is 0.846. The van der Waals surface area contributed by atoms with Crippen molar-refractivity contribution in [1.82, 2.24) is 15.1 Å². The standard InChI is InChI=1S/C17H23N3O/c1-13(2)11-20-9-8-15(12-20)17-19-18-16(21-17)10-14-6-4-3-5-7-14/h3-7,13,15H,8-12H2,1-2H3/t15-/m0/s1. The van der Waals surface area contributed by atoms with Gasteiger partial charge in [-0.05, 0) is 24.4 Å². The zero-order valence-corrected chi connectivity index (χ0v) is 12.8. The van der Waals surface area contributed by atoms with Crippen LogP contribution in [-0.4, -0.2) is 34.7 Å². The van der Waals surface area contributed by atoms with Crippen LogP contribution in [0.2, 0.25) is 0 Å². The summed E-state index contributed by atoms with van der Waals surface area (Å²) in [7, 11) is 0. The lowest BCUT2D eigenvalue weighted by Crippen LogP contribution is -2.24. The van der Waals surface area contributed by atoms with Crippen molar-refractivity contribution in [3.63, 3.8) is 0 Å². The maximum absolute atomic E-state index is 5.88. The van der Waals surface area contributed by atoms with Crippen molar-refractivity contribution in [1.29, 1.82) is 0 Å². The second kappa shape index (κ2) is 6.39. The third kappa shape index (κ3) is 3.70. The predicted molar refractivity (Wildman–Crippen MR) is 82.2 cm³/mol. The molecule has 1 saturated heterocycles. The minimum absolute atomic E-state index is 0.403. The van der Waals surface area contributed by atoms with Crippen LogP contribution < -0.4 is 0 Å². The van der Waals surface area contributed by atoms with E-state index < -0.39 is 0 Å². The largest absolute Gasteiger partial charge is 0.425 e. The molecule has 1 fully saturated rings. The molecule has 0 saturated carbocycles. The number of hydrogen-bond acceptors (Lipinski definition) is 4. The van der Waals surface area contributed by atoms with E-state index in [9.17, 15) is 0 Å². The number of likely N-dealkylation sites (tertiary alicyclic amines) is 1. The average molecular weight is 285 g/mol. The van der Waals surface area contributed by atoms with Crippen LogP contribution in [0.25, 0.3) is 0 Å². The summed E-state index contributed by atoms with van der Waals surface area (Å²) >= 11 is 0. The first-order chi connectivity index (χ1) is 10.2. The van der Waals surface area contributed by atoms with Crippen molar-refractivity contribution < 1.29 is 4.42 Å². The highest BCUT2D eigenvalue weighted by atomic mass is 16.4. The van der Waals surface area contributed by atoms with E-state index in [1.807, 2.05) is 18.2 Å². The molecule has 0 bridgehead atoms. The molecular formula is C17H23N3O. The van der Waals surface area contributed by atoms with Gasteiger partial charge in [-0.15, -0.1) is 10.2 Å². The highest BCUT2D eigenvalue weighted by molar-refractivity contribution is 5.17. The molecule has 4 nitrogen and oxygen atoms in total. The number of aromatic nitrogens is 2. The second-order valence-corrected chi connectivity index (χ2v) is 6.34. The minimum Gasteiger partial charge on any atom is -0.425 e. The summed E-state index contributed by atoms with van der Waals surface area (Å²) < 4.78 is 5.88. The Bertz CT molecular complexity index is 564. The van der Waals surface area contributed by atoms with Gasteiger partial charge in [-0.3, -0.25) is 0 Å². The summed E-state index contributed by atoms with van der Waals surface area (Å²) in [5, 5.41) is 8.47. The molecule has 0 radical (unpaired) electrons. The van der Waals surface area contributed by atoms with Gasteiger partial charge in [0.1, 0.15) is 0 Å². The molecule has 0 N–H and O–H groups in total. The van der Waals surface area contributed by atoms with Gasteiger partial charge in [0.2, 0.25) is 11.8 Å². The lowest BCUT2D eigenvalue weighted by molar-refractivity contribution is 0.289. The smallest absolute Gasteiger partial charge is 0.220 e. The van der Waals surface area contributed by atoms with Gasteiger partial charge in [0.25, 0.3) is 0 Å². The maximum Gasteiger partial charge on any atom is 0.220 e. The first-order valence-electron chi connectivity index (χ1n) is 7.79. The lowest BCUT2D eigenvalue weighted by Gasteiger charge is -2.17. The van der Waals surface area contributed by atoms with Crippen LogP contribution in [0.1, 0.15) is 43.5 Å². The zero-order valence-electron chi connectivity index (χ0n) is 12.8. The van der Waals surface area contributed by atoms with Crippen molar-refractivity contribution in [2.75, 3.05) is 19.6 Å². The Kier molecular flexibility index (Phi) is 4.34. The molecule has 0 aliphatic carbocycles. The highest BCUT2D eigenvalue weighted by Gasteiger charge is 2.28. The Balaban J connectivity index is 1.61. The molecule has 4 heteroatoms. The van der Waals surface area contributed by atoms with E-state index in [4.69, 9.17) is 4.42 Å². The monoisotopic (exact) mass is 285 g/mol. The predicted octanol–water partition coefficient (Wildman–Crippen LogP) is 3.11. The van der Waals surface area contributed by atoms with E-state index in [0.717, 1.165) is 44.3 Å². The van der Waals surface area contributed by atoms with Gasteiger partial charge in [-0.25, -0.2) is 0 Å². The van der Waals surface area contributed by atoms with E-state index in [-0.39, 0.29) is 0 Å². The molecule has 1 atom stereocenters. The van der Waals surface area contributed by atoms with Crippen molar-refractivity contribution in [3.05, 3.63) is 47.7 Å². The van der Waals surface area contributed by atoms with Crippen LogP contribution in [0.5, 0.6) is 0 Å². The second-order valence-electron chi connectivity index (χ2n) is 6.34. The topological polar surface area (TPSA) is 42.2 Å². The third-order valence-electron chi connectivity index (χ3n) is 3.93. The van der Waals surface area contributed by atoms with E-state index in [1.165, 1.54) is 5.56 Å². The van der Waals surface area contributed by atoms with Crippen molar-refractivity contribution in [3.8, 4) is 0 Å². The molecular weight excluding hydrogens is 262 g/mol. The van der Waals surface area contributed by atoms with Crippen LogP contribution in [0, 0.1) is 5.92 Å². The van der Waals surface area contributed by atoms with Gasteiger partial charge in [0.05, 0.1) is 12.3 Å². The lowest BCUT2D eigenvalue weighted by atomic mass is 10.1. The van der Waals surface area contributed by atoms with Gasteiger partial charge in [0.15, 0.2) is 0 Å². The maximum atomic E-state index is 5.88. The van der Waals surface area contributed by atoms with E-state index >= 15 is 0 Å². The first kappa shape index (κ1) is 14.3. The van der Waals surface area contributed by atoms with Crippen LogP contribution in [0.15, 0.2) is 34.7 Å². The summed E-state index contributed by atoms with van der Waals surface area (Å²) in [4.78, 5) is 2.50. The van der Waals surface area contributed by atoms with Crippen molar-refractivity contribution in [2.45, 2.75) is 32.6 Å².